The third-order valence-corrected chi connectivity index (χ3v) is 7.03. The van der Waals surface area contributed by atoms with Gasteiger partial charge in [-0.3, -0.25) is 0 Å². The van der Waals surface area contributed by atoms with Crippen LogP contribution in [-0.4, -0.2) is 0 Å². The first-order valence-electron chi connectivity index (χ1n) is 11.9. The molecule has 0 aromatic heterocycles. The Hall–Kier alpha value is -2.55. The number of hydrogen-bond donors (Lipinski definition) is 0. The minimum Gasteiger partial charge on any atom is -0.206 e. The second-order valence-electron chi connectivity index (χ2n) is 9.17. The number of unbranched alkanes of at least 4 members (excludes halogenated alkanes) is 2. The Labute approximate surface area is 189 Å². The van der Waals surface area contributed by atoms with Crippen molar-refractivity contribution in [2.75, 3.05) is 0 Å². The Morgan fingerprint density at radius 1 is 0.875 bits per heavy atom. The van der Waals surface area contributed by atoms with Gasteiger partial charge in [-0.15, -0.1) is 0 Å². The Morgan fingerprint density at radius 3 is 2.28 bits per heavy atom. The van der Waals surface area contributed by atoms with Gasteiger partial charge in [0.2, 0.25) is 0 Å². The van der Waals surface area contributed by atoms with Crippen LogP contribution >= 0.6 is 0 Å². The highest BCUT2D eigenvalue weighted by molar-refractivity contribution is 5.89. The smallest absolute Gasteiger partial charge is 0.206 e. The molecule has 168 valence electrons. The molecule has 0 N–H and O–H groups in total. The summed E-state index contributed by atoms with van der Waals surface area (Å²) < 4.78 is 39.6. The molecule has 0 aliphatic heterocycles. The standard InChI is InChI=1S/C29H31F3/c1-2-3-4-5-20-6-8-21(9-7-20)22-10-12-23(13-11-22)24-16-17-27-25(18-24)14-15-26(29(27)32)19-28(30)31/h10-21H,2-9H2,1H3. The summed E-state index contributed by atoms with van der Waals surface area (Å²) in [7, 11) is 0. The summed E-state index contributed by atoms with van der Waals surface area (Å²) in [4.78, 5) is 0. The molecule has 3 heteroatoms. The summed E-state index contributed by atoms with van der Waals surface area (Å²) in [5, 5.41) is 1.07. The van der Waals surface area contributed by atoms with Gasteiger partial charge in [0.1, 0.15) is 5.82 Å². The Kier molecular flexibility index (Phi) is 7.34. The van der Waals surface area contributed by atoms with E-state index in [-0.39, 0.29) is 5.56 Å². The number of hydrogen-bond acceptors (Lipinski definition) is 0. The third-order valence-electron chi connectivity index (χ3n) is 7.03. The zero-order chi connectivity index (χ0) is 22.5. The molecule has 0 heterocycles. The average Bonchev–Trinajstić information content (AvgIpc) is 2.81. The minimum atomic E-state index is -1.90. The van der Waals surface area contributed by atoms with Crippen LogP contribution in [0.3, 0.4) is 0 Å². The normalized spacial score (nSPS) is 18.6. The molecule has 1 aliphatic rings. The molecule has 0 unspecified atom stereocenters. The third kappa shape index (κ3) is 5.26. The lowest BCUT2D eigenvalue weighted by Gasteiger charge is -2.29. The van der Waals surface area contributed by atoms with E-state index in [1.807, 2.05) is 12.1 Å². The van der Waals surface area contributed by atoms with Crippen LogP contribution in [-0.2, 0) is 0 Å². The van der Waals surface area contributed by atoms with Crippen molar-refractivity contribution in [1.82, 2.24) is 0 Å². The zero-order valence-electron chi connectivity index (χ0n) is 18.7. The van der Waals surface area contributed by atoms with E-state index in [1.165, 1.54) is 63.0 Å². The zero-order valence-corrected chi connectivity index (χ0v) is 18.7. The topological polar surface area (TPSA) is 0 Å². The molecule has 32 heavy (non-hydrogen) atoms. The van der Waals surface area contributed by atoms with E-state index < -0.39 is 11.9 Å². The predicted octanol–water partition coefficient (Wildman–Crippen LogP) is 9.74. The average molecular weight is 437 g/mol. The van der Waals surface area contributed by atoms with E-state index in [0.717, 1.165) is 17.0 Å². The number of fused-ring (bicyclic) bond motifs is 1. The van der Waals surface area contributed by atoms with Crippen molar-refractivity contribution in [3.8, 4) is 11.1 Å². The van der Waals surface area contributed by atoms with E-state index in [9.17, 15) is 13.2 Å². The van der Waals surface area contributed by atoms with Crippen LogP contribution in [0.15, 0.2) is 60.7 Å². The number of rotatable bonds is 7. The van der Waals surface area contributed by atoms with Crippen LogP contribution < -0.4 is 0 Å². The molecule has 0 radical (unpaired) electrons. The Balaban J connectivity index is 1.45. The van der Waals surface area contributed by atoms with Gasteiger partial charge in [-0.05, 0) is 65.7 Å². The summed E-state index contributed by atoms with van der Waals surface area (Å²) in [5.41, 5.74) is 3.41. The van der Waals surface area contributed by atoms with Crippen LogP contribution in [0.4, 0.5) is 13.2 Å². The molecule has 0 bridgehead atoms. The quantitative estimate of drug-likeness (QED) is 0.323. The van der Waals surface area contributed by atoms with Gasteiger partial charge in [-0.1, -0.05) is 81.1 Å². The van der Waals surface area contributed by atoms with Gasteiger partial charge in [-0.2, -0.15) is 8.78 Å². The molecule has 0 atom stereocenters. The molecule has 0 amide bonds. The molecule has 0 nitrogen and oxygen atoms in total. The van der Waals surface area contributed by atoms with Crippen molar-refractivity contribution in [3.05, 3.63) is 77.6 Å². The van der Waals surface area contributed by atoms with E-state index in [4.69, 9.17) is 0 Å². The molecule has 4 rings (SSSR count). The van der Waals surface area contributed by atoms with Gasteiger partial charge in [-0.25, -0.2) is 4.39 Å². The SMILES string of the molecule is CCCCCC1CCC(c2ccc(-c3ccc4c(F)c(C=C(F)F)ccc4c3)cc2)CC1. The lowest BCUT2D eigenvalue weighted by molar-refractivity contribution is 0.303. The van der Waals surface area contributed by atoms with Gasteiger partial charge in [0.15, 0.2) is 0 Å². The first-order valence-corrected chi connectivity index (χ1v) is 11.9. The molecular formula is C29H31F3. The fraction of sp³-hybridized carbons (Fsp3) is 0.379. The lowest BCUT2D eigenvalue weighted by atomic mass is 9.77. The van der Waals surface area contributed by atoms with Gasteiger partial charge in [0.25, 0.3) is 6.08 Å². The Morgan fingerprint density at radius 2 is 1.59 bits per heavy atom. The second kappa shape index (κ2) is 10.4. The van der Waals surface area contributed by atoms with Crippen molar-refractivity contribution in [2.24, 2.45) is 5.92 Å². The molecule has 0 saturated heterocycles. The summed E-state index contributed by atoms with van der Waals surface area (Å²) in [5.74, 6) is 0.953. The Bertz CT molecular complexity index is 1070. The van der Waals surface area contributed by atoms with Crippen LogP contribution in [0, 0.1) is 11.7 Å². The fourth-order valence-corrected chi connectivity index (χ4v) is 5.13. The highest BCUT2D eigenvalue weighted by Gasteiger charge is 2.22. The van der Waals surface area contributed by atoms with Gasteiger partial charge in [0, 0.05) is 17.0 Å². The predicted molar refractivity (Wildman–Crippen MR) is 128 cm³/mol. The summed E-state index contributed by atoms with van der Waals surface area (Å²) >= 11 is 0. The van der Waals surface area contributed by atoms with E-state index in [2.05, 4.69) is 31.2 Å². The largest absolute Gasteiger partial charge is 0.271 e. The highest BCUT2D eigenvalue weighted by atomic mass is 19.3. The van der Waals surface area contributed by atoms with E-state index in [0.29, 0.717) is 22.8 Å². The summed E-state index contributed by atoms with van der Waals surface area (Å²) in [6, 6.07) is 17.3. The summed E-state index contributed by atoms with van der Waals surface area (Å²) in [6.45, 7) is 2.27. The molecule has 1 fully saturated rings. The molecule has 0 spiro atoms. The van der Waals surface area contributed by atoms with Gasteiger partial charge < -0.3 is 0 Å². The maximum atomic E-state index is 14.6. The number of benzene rings is 3. The molecular weight excluding hydrogens is 405 g/mol. The fourth-order valence-electron chi connectivity index (χ4n) is 5.13. The second-order valence-corrected chi connectivity index (χ2v) is 9.17. The van der Waals surface area contributed by atoms with Crippen molar-refractivity contribution in [3.63, 3.8) is 0 Å². The first kappa shape index (κ1) is 22.6. The van der Waals surface area contributed by atoms with Gasteiger partial charge >= 0.3 is 0 Å². The highest BCUT2D eigenvalue weighted by Crippen LogP contribution is 2.38. The molecule has 3 aromatic rings. The van der Waals surface area contributed by atoms with Crippen LogP contribution in [0.2, 0.25) is 0 Å². The lowest BCUT2D eigenvalue weighted by Crippen LogP contribution is -2.13. The van der Waals surface area contributed by atoms with Gasteiger partial charge in [0.05, 0.1) is 0 Å². The van der Waals surface area contributed by atoms with Crippen LogP contribution in [0.5, 0.6) is 0 Å². The monoisotopic (exact) mass is 436 g/mol. The maximum absolute atomic E-state index is 14.6. The van der Waals surface area contributed by atoms with Crippen molar-refractivity contribution >= 4 is 16.8 Å². The number of halogens is 3. The van der Waals surface area contributed by atoms with E-state index >= 15 is 0 Å². The van der Waals surface area contributed by atoms with Crippen LogP contribution in [0.1, 0.15) is 75.3 Å². The van der Waals surface area contributed by atoms with Crippen molar-refractivity contribution in [2.45, 2.75) is 64.2 Å². The van der Waals surface area contributed by atoms with E-state index in [1.54, 1.807) is 12.1 Å². The molecule has 1 saturated carbocycles. The molecule has 1 aliphatic carbocycles. The van der Waals surface area contributed by atoms with Crippen molar-refractivity contribution < 1.29 is 13.2 Å². The molecule has 3 aromatic carbocycles. The summed E-state index contributed by atoms with van der Waals surface area (Å²) in [6.07, 6.45) is 9.34. The van der Waals surface area contributed by atoms with Crippen molar-refractivity contribution in [1.29, 1.82) is 0 Å². The maximum Gasteiger partial charge on any atom is 0.271 e. The van der Waals surface area contributed by atoms with Crippen LogP contribution in [0.25, 0.3) is 28.0 Å². The minimum absolute atomic E-state index is 0.0883. The first-order chi connectivity index (χ1) is 15.5.